The smallest absolute Gasteiger partial charge is 0.321 e. The molecular formula is C11H13NO2. The number of nitrogens with one attached hydrogen (secondary N) is 1. The molecule has 1 heterocycles. The quantitative estimate of drug-likeness (QED) is 0.738. The predicted molar refractivity (Wildman–Crippen MR) is 53.2 cm³/mol. The summed E-state index contributed by atoms with van der Waals surface area (Å²) in [5.41, 5.74) is 1.12. The Hall–Kier alpha value is -1.35. The molecule has 0 radical (unpaired) electrons. The lowest BCUT2D eigenvalue weighted by Crippen LogP contribution is -2.34. The third kappa shape index (κ3) is 1.63. The fraction of sp³-hybridized carbons (Fsp3) is 0.364. The second-order valence-electron chi connectivity index (χ2n) is 3.58. The first kappa shape index (κ1) is 9.21. The molecule has 1 saturated heterocycles. The molecule has 0 aliphatic carbocycles. The largest absolute Gasteiger partial charge is 0.480 e. The van der Waals surface area contributed by atoms with E-state index in [0.29, 0.717) is 0 Å². The zero-order valence-electron chi connectivity index (χ0n) is 7.81. The van der Waals surface area contributed by atoms with Gasteiger partial charge in [0.25, 0.3) is 0 Å². The Labute approximate surface area is 82.8 Å². The molecule has 1 fully saturated rings. The SMILES string of the molecule is O=C(O)[C@H]1NCC[C@H]1c1ccccc1. The van der Waals surface area contributed by atoms with Gasteiger partial charge < -0.3 is 10.4 Å². The molecule has 1 aromatic rings. The van der Waals surface area contributed by atoms with Crippen molar-refractivity contribution >= 4 is 5.97 Å². The van der Waals surface area contributed by atoms with Crippen LogP contribution in [0.1, 0.15) is 17.9 Å². The van der Waals surface area contributed by atoms with E-state index < -0.39 is 12.0 Å². The average molecular weight is 191 g/mol. The lowest BCUT2D eigenvalue weighted by Gasteiger charge is -2.15. The van der Waals surface area contributed by atoms with Gasteiger partial charge in [-0.15, -0.1) is 0 Å². The Morgan fingerprint density at radius 1 is 1.36 bits per heavy atom. The third-order valence-electron chi connectivity index (χ3n) is 2.72. The van der Waals surface area contributed by atoms with Crippen LogP contribution in [-0.4, -0.2) is 23.7 Å². The molecule has 1 aliphatic heterocycles. The van der Waals surface area contributed by atoms with Crippen LogP contribution in [0.5, 0.6) is 0 Å². The van der Waals surface area contributed by atoms with E-state index in [2.05, 4.69) is 5.32 Å². The fourth-order valence-electron chi connectivity index (χ4n) is 2.02. The minimum Gasteiger partial charge on any atom is -0.480 e. The van der Waals surface area contributed by atoms with Crippen molar-refractivity contribution < 1.29 is 9.90 Å². The fourth-order valence-corrected chi connectivity index (χ4v) is 2.02. The lowest BCUT2D eigenvalue weighted by molar-refractivity contribution is -0.139. The van der Waals surface area contributed by atoms with Gasteiger partial charge in [-0.05, 0) is 18.5 Å². The van der Waals surface area contributed by atoms with Crippen LogP contribution >= 0.6 is 0 Å². The Balaban J connectivity index is 2.22. The van der Waals surface area contributed by atoms with Crippen LogP contribution in [0.15, 0.2) is 30.3 Å². The number of rotatable bonds is 2. The van der Waals surface area contributed by atoms with E-state index in [0.717, 1.165) is 18.5 Å². The second kappa shape index (κ2) is 3.80. The van der Waals surface area contributed by atoms with Gasteiger partial charge >= 0.3 is 5.97 Å². The number of hydrogen-bond donors (Lipinski definition) is 2. The van der Waals surface area contributed by atoms with Crippen molar-refractivity contribution in [1.82, 2.24) is 5.32 Å². The normalized spacial score (nSPS) is 26.3. The van der Waals surface area contributed by atoms with Crippen molar-refractivity contribution in [1.29, 1.82) is 0 Å². The first-order valence-electron chi connectivity index (χ1n) is 4.80. The Kier molecular flexibility index (Phi) is 2.50. The molecule has 0 bridgehead atoms. The van der Waals surface area contributed by atoms with Crippen LogP contribution in [-0.2, 0) is 4.79 Å². The highest BCUT2D eigenvalue weighted by atomic mass is 16.4. The Morgan fingerprint density at radius 3 is 2.71 bits per heavy atom. The number of carbonyl (C=O) groups is 1. The van der Waals surface area contributed by atoms with Gasteiger partial charge in [0.1, 0.15) is 6.04 Å². The van der Waals surface area contributed by atoms with E-state index >= 15 is 0 Å². The molecule has 0 spiro atoms. The van der Waals surface area contributed by atoms with Gasteiger partial charge in [0.2, 0.25) is 0 Å². The maximum Gasteiger partial charge on any atom is 0.321 e. The first-order chi connectivity index (χ1) is 6.79. The molecule has 0 amide bonds. The van der Waals surface area contributed by atoms with Crippen molar-refractivity contribution in [2.24, 2.45) is 0 Å². The summed E-state index contributed by atoms with van der Waals surface area (Å²) in [6, 6.07) is 9.42. The van der Waals surface area contributed by atoms with Crippen LogP contribution in [0.3, 0.4) is 0 Å². The molecule has 1 aliphatic rings. The molecule has 74 valence electrons. The molecule has 0 saturated carbocycles. The summed E-state index contributed by atoms with van der Waals surface area (Å²) in [5.74, 6) is -0.634. The maximum absolute atomic E-state index is 10.9. The highest BCUT2D eigenvalue weighted by molar-refractivity contribution is 5.75. The zero-order valence-corrected chi connectivity index (χ0v) is 7.81. The summed E-state index contributed by atoms with van der Waals surface area (Å²) in [7, 11) is 0. The average Bonchev–Trinajstić information content (AvgIpc) is 2.67. The van der Waals surface area contributed by atoms with E-state index in [-0.39, 0.29) is 5.92 Å². The molecule has 0 aromatic heterocycles. The second-order valence-corrected chi connectivity index (χ2v) is 3.58. The van der Waals surface area contributed by atoms with E-state index in [4.69, 9.17) is 5.11 Å². The Morgan fingerprint density at radius 2 is 2.07 bits per heavy atom. The topological polar surface area (TPSA) is 49.3 Å². The van der Waals surface area contributed by atoms with E-state index in [1.54, 1.807) is 0 Å². The van der Waals surface area contributed by atoms with Gasteiger partial charge in [0.05, 0.1) is 0 Å². The summed E-state index contributed by atoms with van der Waals surface area (Å²) < 4.78 is 0. The van der Waals surface area contributed by atoms with Crippen molar-refractivity contribution in [2.75, 3.05) is 6.54 Å². The molecule has 2 atom stereocenters. The summed E-state index contributed by atoms with van der Waals surface area (Å²) in [6.07, 6.45) is 0.904. The number of benzene rings is 1. The molecule has 2 N–H and O–H groups in total. The van der Waals surface area contributed by atoms with Gasteiger partial charge in [0.15, 0.2) is 0 Å². The van der Waals surface area contributed by atoms with Gasteiger partial charge in [-0.1, -0.05) is 30.3 Å². The van der Waals surface area contributed by atoms with Crippen molar-refractivity contribution in [2.45, 2.75) is 18.4 Å². The summed E-state index contributed by atoms with van der Waals surface area (Å²) >= 11 is 0. The van der Waals surface area contributed by atoms with Gasteiger partial charge in [-0.3, -0.25) is 4.79 Å². The summed E-state index contributed by atoms with van der Waals surface area (Å²) in [6.45, 7) is 0.788. The van der Waals surface area contributed by atoms with Crippen LogP contribution in [0.25, 0.3) is 0 Å². The minimum absolute atomic E-state index is 0.119. The zero-order chi connectivity index (χ0) is 9.97. The van der Waals surface area contributed by atoms with E-state index in [1.807, 2.05) is 30.3 Å². The lowest BCUT2D eigenvalue weighted by atomic mass is 9.92. The highest BCUT2D eigenvalue weighted by Crippen LogP contribution is 2.27. The molecule has 1 aromatic carbocycles. The first-order valence-corrected chi connectivity index (χ1v) is 4.80. The molecule has 14 heavy (non-hydrogen) atoms. The minimum atomic E-state index is -0.753. The van der Waals surface area contributed by atoms with Crippen LogP contribution in [0.4, 0.5) is 0 Å². The molecule has 0 unspecified atom stereocenters. The van der Waals surface area contributed by atoms with Crippen LogP contribution < -0.4 is 5.32 Å². The standard InChI is InChI=1S/C11H13NO2/c13-11(14)10-9(6-7-12-10)8-4-2-1-3-5-8/h1-5,9-10,12H,6-7H2,(H,13,14)/t9-,10-/m0/s1. The van der Waals surface area contributed by atoms with Gasteiger partial charge in [-0.2, -0.15) is 0 Å². The number of aliphatic carboxylic acids is 1. The molecular weight excluding hydrogens is 178 g/mol. The molecule has 3 nitrogen and oxygen atoms in total. The number of hydrogen-bond acceptors (Lipinski definition) is 2. The van der Waals surface area contributed by atoms with Gasteiger partial charge in [0, 0.05) is 5.92 Å². The van der Waals surface area contributed by atoms with Crippen molar-refractivity contribution in [3.8, 4) is 0 Å². The van der Waals surface area contributed by atoms with Crippen LogP contribution in [0.2, 0.25) is 0 Å². The third-order valence-corrected chi connectivity index (χ3v) is 2.72. The summed E-state index contributed by atoms with van der Waals surface area (Å²) in [4.78, 5) is 10.9. The summed E-state index contributed by atoms with van der Waals surface area (Å²) in [5, 5.41) is 12.0. The highest BCUT2D eigenvalue weighted by Gasteiger charge is 2.33. The van der Waals surface area contributed by atoms with E-state index in [1.165, 1.54) is 0 Å². The molecule has 3 heteroatoms. The Bertz CT molecular complexity index is 323. The predicted octanol–water partition coefficient (Wildman–Crippen LogP) is 1.22. The van der Waals surface area contributed by atoms with Crippen LogP contribution in [0, 0.1) is 0 Å². The van der Waals surface area contributed by atoms with Gasteiger partial charge in [-0.25, -0.2) is 0 Å². The molecule has 2 rings (SSSR count). The maximum atomic E-state index is 10.9. The van der Waals surface area contributed by atoms with Crippen molar-refractivity contribution in [3.63, 3.8) is 0 Å². The van der Waals surface area contributed by atoms with E-state index in [9.17, 15) is 4.79 Å². The monoisotopic (exact) mass is 191 g/mol. The van der Waals surface area contributed by atoms with Crippen molar-refractivity contribution in [3.05, 3.63) is 35.9 Å². The number of carboxylic acid groups (broad SMARTS) is 1. The number of carboxylic acids is 1.